The molecular formula is C30H12F6N18. The number of hydrogen-bond donors (Lipinski definition) is 0. The summed E-state index contributed by atoms with van der Waals surface area (Å²) in [6.07, 6.45) is -9.77. The molecule has 0 aliphatic carbocycles. The van der Waals surface area contributed by atoms with Crippen molar-refractivity contribution in [2.24, 2.45) is 30.0 Å². The van der Waals surface area contributed by atoms with Crippen molar-refractivity contribution < 1.29 is 26.3 Å². The molecule has 0 saturated carbocycles. The lowest BCUT2D eigenvalue weighted by Crippen LogP contribution is -2.33. The van der Waals surface area contributed by atoms with Gasteiger partial charge in [-0.1, -0.05) is 0 Å². The van der Waals surface area contributed by atoms with Crippen LogP contribution in [0.15, 0.2) is 47.4 Å². The van der Waals surface area contributed by atoms with Gasteiger partial charge in [0.2, 0.25) is 5.49 Å². The quantitative estimate of drug-likeness (QED) is 0.157. The lowest BCUT2D eigenvalue weighted by Gasteiger charge is -2.07. The van der Waals surface area contributed by atoms with Gasteiger partial charge in [-0.25, -0.2) is 79.7 Å². The van der Waals surface area contributed by atoms with Crippen molar-refractivity contribution >= 4 is 16.8 Å². The number of hydrogen-bond acceptors (Lipinski definition) is 17. The van der Waals surface area contributed by atoms with Gasteiger partial charge in [0.05, 0.1) is 29.3 Å². The minimum atomic E-state index is -4.89. The van der Waals surface area contributed by atoms with E-state index in [0.29, 0.717) is 11.4 Å². The predicted molar refractivity (Wildman–Crippen MR) is 160 cm³/mol. The van der Waals surface area contributed by atoms with Crippen LogP contribution in [0.1, 0.15) is 51.6 Å². The molecule has 0 amide bonds. The molecular weight excluding hydrogens is 726 g/mol. The van der Waals surface area contributed by atoms with Gasteiger partial charge in [-0.15, -0.1) is 0 Å². The fourth-order valence-electron chi connectivity index (χ4n) is 4.88. The summed E-state index contributed by atoms with van der Waals surface area (Å²) in [7, 11) is 0. The first-order valence-corrected chi connectivity index (χ1v) is 14.7. The van der Waals surface area contributed by atoms with E-state index in [-0.39, 0.29) is 27.8 Å². The van der Waals surface area contributed by atoms with Crippen LogP contribution in [-0.2, 0) is 12.4 Å². The average Bonchev–Trinajstić information content (AvgIpc) is 3.80. The van der Waals surface area contributed by atoms with Crippen molar-refractivity contribution in [3.05, 3.63) is 113 Å². The second-order valence-corrected chi connectivity index (χ2v) is 11.0. The monoisotopic (exact) mass is 738 g/mol. The molecule has 54 heavy (non-hydrogen) atoms. The Hall–Kier alpha value is -7.68. The van der Waals surface area contributed by atoms with E-state index < -0.39 is 92.1 Å². The molecule has 0 spiro atoms. The fourth-order valence-corrected chi connectivity index (χ4v) is 4.88. The minimum Gasteiger partial charge on any atom is -0.230 e. The number of rotatable bonds is 3. The first kappa shape index (κ1) is 34.8. The molecule has 0 unspecified atom stereocenters. The normalized spacial score (nSPS) is 15.7. The molecule has 0 aromatic carbocycles. The summed E-state index contributed by atoms with van der Waals surface area (Å²) in [5.41, 5.74) is -6.06. The van der Waals surface area contributed by atoms with E-state index in [2.05, 4.69) is 79.7 Å². The first-order chi connectivity index (χ1) is 25.5. The molecule has 24 heteroatoms. The summed E-state index contributed by atoms with van der Waals surface area (Å²) in [5, 5.41) is 20.5. The molecule has 0 bridgehead atoms. The van der Waals surface area contributed by atoms with Crippen LogP contribution in [0, 0.1) is 56.9 Å². The van der Waals surface area contributed by atoms with Gasteiger partial charge in [0.15, 0.2) is 73.8 Å². The maximum absolute atomic E-state index is 13.6. The lowest BCUT2D eigenvalue weighted by atomic mass is 10.2. The molecule has 0 N–H and O–H groups in total. The van der Waals surface area contributed by atoms with Crippen molar-refractivity contribution in [3.8, 4) is 12.1 Å². The molecule has 0 fully saturated rings. The number of nitrogens with zero attached hydrogens (tertiary/aromatic N) is 18. The van der Waals surface area contributed by atoms with E-state index in [9.17, 15) is 36.9 Å². The number of fused-ring (bicyclic) bond motifs is 3. The molecule has 4 aromatic heterocycles. The summed E-state index contributed by atoms with van der Waals surface area (Å²) < 4.78 is 81.3. The van der Waals surface area contributed by atoms with E-state index in [4.69, 9.17) is 6.57 Å². The SMILES string of the molecule is [C-]#[N+]/C(=C1\N=c2nc(C)c(C(F)(F)F)nc2=N1)c1nc(C(C#N)=C2N=c3nc(C)c(C)nc3=N2)nc(/C(C#N)=C2/N=c3nc(C)c(C(F)(F)F)nc3=N2)n1. The van der Waals surface area contributed by atoms with E-state index in [1.165, 1.54) is 0 Å². The van der Waals surface area contributed by atoms with Gasteiger partial charge >= 0.3 is 12.4 Å². The molecule has 0 radical (unpaired) electrons. The molecule has 7 rings (SSSR count). The Bertz CT molecular complexity index is 2860. The van der Waals surface area contributed by atoms with Gasteiger partial charge < -0.3 is 0 Å². The molecule has 7 heterocycles. The largest absolute Gasteiger partial charge is 0.435 e. The van der Waals surface area contributed by atoms with Crippen molar-refractivity contribution in [1.29, 1.82) is 10.5 Å². The van der Waals surface area contributed by atoms with Crippen LogP contribution in [0.2, 0.25) is 0 Å². The van der Waals surface area contributed by atoms with E-state index >= 15 is 0 Å². The van der Waals surface area contributed by atoms with Gasteiger partial charge in [0, 0.05) is 0 Å². The lowest BCUT2D eigenvalue weighted by molar-refractivity contribution is -0.143. The van der Waals surface area contributed by atoms with Crippen molar-refractivity contribution in [2.75, 3.05) is 0 Å². The Morgan fingerprint density at radius 3 is 1.13 bits per heavy atom. The second kappa shape index (κ2) is 12.2. The highest BCUT2D eigenvalue weighted by molar-refractivity contribution is 5.80. The standard InChI is InChI=1S/C30H12F6N18/c1-8-9(2)41-24-23(40-8)49-19(50-24)12(6-37)17-46-18(13(7-38)20-51-25-27(52-20)44-15(10(3)42-25)29(31,32)33)48-21(47-17)14(39-5)22-53-26-28(54-22)45-16(11(4)43-26)30(34,35)36/h1-4H3/b20-13-,22-14+. The molecule has 18 nitrogen and oxygen atoms in total. The van der Waals surface area contributed by atoms with Gasteiger partial charge in [0.25, 0.3) is 5.70 Å². The number of allylic oxidation sites excluding steroid dienone is 2. The molecule has 4 aromatic rings. The van der Waals surface area contributed by atoms with Crippen LogP contribution in [0.5, 0.6) is 0 Å². The third-order valence-electron chi connectivity index (χ3n) is 7.44. The van der Waals surface area contributed by atoms with Crippen molar-refractivity contribution in [2.45, 2.75) is 40.0 Å². The average molecular weight is 739 g/mol. The summed E-state index contributed by atoms with van der Waals surface area (Å²) >= 11 is 0. The Balaban J connectivity index is 1.49. The number of aromatic nitrogens is 9. The van der Waals surface area contributed by atoms with Crippen LogP contribution in [0.3, 0.4) is 0 Å². The van der Waals surface area contributed by atoms with Gasteiger partial charge in [0.1, 0.15) is 23.3 Å². The summed E-state index contributed by atoms with van der Waals surface area (Å²) in [5.74, 6) is -3.12. The van der Waals surface area contributed by atoms with E-state index in [1.54, 1.807) is 19.9 Å². The third-order valence-corrected chi connectivity index (χ3v) is 7.44. The van der Waals surface area contributed by atoms with E-state index in [0.717, 1.165) is 13.8 Å². The van der Waals surface area contributed by atoms with Crippen molar-refractivity contribution in [1.82, 2.24) is 44.9 Å². The van der Waals surface area contributed by atoms with Crippen LogP contribution in [-0.4, -0.2) is 44.9 Å². The minimum absolute atomic E-state index is 0.0591. The van der Waals surface area contributed by atoms with E-state index in [1.807, 2.05) is 6.07 Å². The predicted octanol–water partition coefficient (Wildman–Crippen LogP) is 0.302. The zero-order chi connectivity index (χ0) is 38.9. The molecule has 3 aliphatic heterocycles. The van der Waals surface area contributed by atoms with Crippen LogP contribution in [0.4, 0.5) is 26.3 Å². The first-order valence-electron chi connectivity index (χ1n) is 14.7. The molecule has 0 atom stereocenters. The highest BCUT2D eigenvalue weighted by Crippen LogP contribution is 2.30. The Morgan fingerprint density at radius 1 is 0.481 bits per heavy atom. The molecule has 264 valence electrons. The topological polar surface area (TPSA) is 242 Å². The second-order valence-electron chi connectivity index (χ2n) is 11.0. The number of nitriles is 2. The highest BCUT2D eigenvalue weighted by Gasteiger charge is 2.37. The van der Waals surface area contributed by atoms with Crippen LogP contribution < -0.4 is 32.9 Å². The summed E-state index contributed by atoms with van der Waals surface area (Å²) in [6.45, 7) is 13.4. The summed E-state index contributed by atoms with van der Waals surface area (Å²) in [6, 6.07) is 3.62. The third kappa shape index (κ3) is 5.94. The number of aryl methyl sites for hydroxylation is 4. The molecule has 0 saturated heterocycles. The molecule has 3 aliphatic rings. The number of halogens is 6. The summed E-state index contributed by atoms with van der Waals surface area (Å²) in [4.78, 5) is 63.6. The highest BCUT2D eigenvalue weighted by atomic mass is 19.4. The number of alkyl halides is 6. The van der Waals surface area contributed by atoms with Gasteiger partial charge in [-0.2, -0.15) is 36.9 Å². The fraction of sp³-hybridized carbons (Fsp3) is 0.200. The Kier molecular flexibility index (Phi) is 7.87. The maximum Gasteiger partial charge on any atom is 0.435 e. The van der Waals surface area contributed by atoms with Crippen molar-refractivity contribution in [3.63, 3.8) is 0 Å². The Labute approximate surface area is 294 Å². The smallest absolute Gasteiger partial charge is 0.230 e. The Morgan fingerprint density at radius 2 is 0.796 bits per heavy atom. The zero-order valence-corrected chi connectivity index (χ0v) is 27.3. The van der Waals surface area contributed by atoms with Crippen LogP contribution >= 0.6 is 0 Å². The zero-order valence-electron chi connectivity index (χ0n) is 27.3. The van der Waals surface area contributed by atoms with Crippen LogP contribution in [0.25, 0.3) is 21.7 Å². The van der Waals surface area contributed by atoms with Gasteiger partial charge in [-0.05, 0) is 27.7 Å². The maximum atomic E-state index is 13.6. The van der Waals surface area contributed by atoms with Gasteiger partial charge in [-0.3, -0.25) is 0 Å².